The van der Waals surface area contributed by atoms with E-state index in [1.165, 1.54) is 16.5 Å². The Morgan fingerprint density at radius 3 is 2.44 bits per heavy atom. The molecule has 6 heteroatoms. The van der Waals surface area contributed by atoms with Crippen molar-refractivity contribution in [3.8, 4) is 0 Å². The van der Waals surface area contributed by atoms with Crippen molar-refractivity contribution in [2.45, 2.75) is 26.3 Å². The molecule has 2 aromatic rings. The SMILES string of the molecule is C=C(C)C[C@H](c1cn(C(C)=O)c2ccccc12)N1CCNCC1.Cl.Cl. The highest BCUT2D eigenvalue weighted by atomic mass is 35.5. The predicted octanol–water partition coefficient (Wildman–Crippen LogP) is 4.06. The predicted molar refractivity (Wildman–Crippen MR) is 109 cm³/mol. The van der Waals surface area contributed by atoms with E-state index in [0.29, 0.717) is 0 Å². The normalized spacial score (nSPS) is 15.9. The Balaban J connectivity index is 0.00000156. The molecule has 1 fully saturated rings. The minimum Gasteiger partial charge on any atom is -0.314 e. The van der Waals surface area contributed by atoms with Gasteiger partial charge in [-0.2, -0.15) is 0 Å². The molecule has 4 nitrogen and oxygen atoms in total. The number of hydrogen-bond acceptors (Lipinski definition) is 3. The fourth-order valence-electron chi connectivity index (χ4n) is 3.49. The number of nitrogens with zero attached hydrogens (tertiary/aromatic N) is 2. The van der Waals surface area contributed by atoms with Gasteiger partial charge in [0.15, 0.2) is 0 Å². The Labute approximate surface area is 162 Å². The van der Waals surface area contributed by atoms with Gasteiger partial charge in [-0.05, 0) is 25.0 Å². The molecule has 138 valence electrons. The highest BCUT2D eigenvalue weighted by molar-refractivity contribution is 5.93. The van der Waals surface area contributed by atoms with Crippen LogP contribution in [0.1, 0.15) is 36.7 Å². The highest BCUT2D eigenvalue weighted by Crippen LogP contribution is 2.34. The number of hydrogen-bond donors (Lipinski definition) is 1. The van der Waals surface area contributed by atoms with E-state index in [9.17, 15) is 4.79 Å². The number of piperazine rings is 1. The van der Waals surface area contributed by atoms with Gasteiger partial charge >= 0.3 is 0 Å². The average molecular weight is 384 g/mol. The first-order valence-electron chi connectivity index (χ1n) is 8.28. The van der Waals surface area contributed by atoms with Crippen molar-refractivity contribution in [3.05, 3.63) is 48.2 Å². The van der Waals surface area contributed by atoms with E-state index >= 15 is 0 Å². The molecule has 1 aromatic heterocycles. The molecule has 2 heterocycles. The molecule has 0 aliphatic carbocycles. The molecule has 0 radical (unpaired) electrons. The summed E-state index contributed by atoms with van der Waals surface area (Å²) in [6.07, 6.45) is 2.95. The van der Waals surface area contributed by atoms with Gasteiger partial charge in [-0.15, -0.1) is 31.4 Å². The monoisotopic (exact) mass is 383 g/mol. The van der Waals surface area contributed by atoms with E-state index in [0.717, 1.165) is 38.1 Å². The van der Waals surface area contributed by atoms with Gasteiger partial charge in [-0.3, -0.25) is 14.3 Å². The number of nitrogens with one attached hydrogen (secondary N) is 1. The standard InChI is InChI=1S/C19H25N3O.2ClH/c1-14(2)12-19(21-10-8-20-9-11-21)17-13-22(15(3)23)18-7-5-4-6-16(17)18;;/h4-7,13,19-20H,1,8-12H2,2-3H3;2*1H/t19-;;/m1../s1. The lowest BCUT2D eigenvalue weighted by atomic mass is 9.97. The van der Waals surface area contributed by atoms with E-state index in [2.05, 4.69) is 29.8 Å². The number of rotatable bonds is 4. The number of benzene rings is 1. The number of halogens is 2. The molecule has 1 saturated heterocycles. The van der Waals surface area contributed by atoms with Crippen LogP contribution in [-0.2, 0) is 0 Å². The number of para-hydroxylation sites is 1. The van der Waals surface area contributed by atoms with Gasteiger partial charge in [-0.1, -0.05) is 23.8 Å². The van der Waals surface area contributed by atoms with Crippen LogP contribution in [-0.4, -0.2) is 41.6 Å². The Hall–Kier alpha value is -1.33. The van der Waals surface area contributed by atoms with Crippen molar-refractivity contribution in [2.24, 2.45) is 0 Å². The summed E-state index contributed by atoms with van der Waals surface area (Å²) >= 11 is 0. The summed E-state index contributed by atoms with van der Waals surface area (Å²) in [5.41, 5.74) is 3.41. The van der Waals surface area contributed by atoms with Crippen molar-refractivity contribution in [2.75, 3.05) is 26.2 Å². The van der Waals surface area contributed by atoms with E-state index in [-0.39, 0.29) is 36.8 Å². The van der Waals surface area contributed by atoms with E-state index in [1.807, 2.05) is 24.4 Å². The molecule has 0 saturated carbocycles. The second kappa shape index (κ2) is 9.39. The average Bonchev–Trinajstić information content (AvgIpc) is 2.93. The number of fused-ring (bicyclic) bond motifs is 1. The van der Waals surface area contributed by atoms with Crippen molar-refractivity contribution < 1.29 is 4.79 Å². The van der Waals surface area contributed by atoms with Crippen LogP contribution < -0.4 is 5.32 Å². The molecule has 1 aliphatic heterocycles. The van der Waals surface area contributed by atoms with Crippen LogP contribution in [0.2, 0.25) is 0 Å². The van der Waals surface area contributed by atoms with Crippen molar-refractivity contribution in [3.63, 3.8) is 0 Å². The fraction of sp³-hybridized carbons (Fsp3) is 0.421. The third-order valence-electron chi connectivity index (χ3n) is 4.58. The third kappa shape index (κ3) is 4.64. The number of carbonyl (C=O) groups excluding carboxylic acids is 1. The van der Waals surface area contributed by atoms with Crippen molar-refractivity contribution in [1.29, 1.82) is 0 Å². The molecular formula is C19H27Cl2N3O. The molecule has 25 heavy (non-hydrogen) atoms. The lowest BCUT2D eigenvalue weighted by molar-refractivity contribution is 0.0941. The van der Waals surface area contributed by atoms with Crippen LogP contribution >= 0.6 is 24.8 Å². The maximum absolute atomic E-state index is 12.0. The van der Waals surface area contributed by atoms with Crippen LogP contribution in [0.3, 0.4) is 0 Å². The zero-order valence-corrected chi connectivity index (χ0v) is 16.5. The Bertz CT molecular complexity index is 735. The Morgan fingerprint density at radius 1 is 1.20 bits per heavy atom. The third-order valence-corrected chi connectivity index (χ3v) is 4.58. The summed E-state index contributed by atoms with van der Waals surface area (Å²) in [7, 11) is 0. The summed E-state index contributed by atoms with van der Waals surface area (Å²) in [6.45, 7) is 11.9. The minimum atomic E-state index is 0. The topological polar surface area (TPSA) is 37.3 Å². The first-order chi connectivity index (χ1) is 11.1. The summed E-state index contributed by atoms with van der Waals surface area (Å²) in [5, 5.41) is 4.59. The van der Waals surface area contributed by atoms with Crippen molar-refractivity contribution >= 4 is 41.6 Å². The lowest BCUT2D eigenvalue weighted by Gasteiger charge is -2.35. The number of aromatic nitrogens is 1. The summed E-state index contributed by atoms with van der Waals surface area (Å²) in [4.78, 5) is 14.5. The Morgan fingerprint density at radius 2 is 1.84 bits per heavy atom. The second-order valence-electron chi connectivity index (χ2n) is 6.45. The zero-order chi connectivity index (χ0) is 16.4. The highest BCUT2D eigenvalue weighted by Gasteiger charge is 2.25. The molecule has 0 bridgehead atoms. The molecule has 1 atom stereocenters. The maximum atomic E-state index is 12.0. The smallest absolute Gasteiger partial charge is 0.227 e. The zero-order valence-electron chi connectivity index (χ0n) is 14.8. The molecule has 1 aliphatic rings. The summed E-state index contributed by atoms with van der Waals surface area (Å²) < 4.78 is 1.78. The Kier molecular flexibility index (Phi) is 8.16. The molecule has 0 spiro atoms. The van der Waals surface area contributed by atoms with Gasteiger partial charge in [-0.25, -0.2) is 0 Å². The van der Waals surface area contributed by atoms with Gasteiger partial charge in [0, 0.05) is 50.7 Å². The molecule has 3 rings (SSSR count). The lowest BCUT2D eigenvalue weighted by Crippen LogP contribution is -2.45. The van der Waals surface area contributed by atoms with Crippen LogP contribution in [0, 0.1) is 0 Å². The van der Waals surface area contributed by atoms with Gasteiger partial charge in [0.1, 0.15) is 0 Å². The first-order valence-corrected chi connectivity index (χ1v) is 8.28. The second-order valence-corrected chi connectivity index (χ2v) is 6.45. The van der Waals surface area contributed by atoms with Crippen molar-refractivity contribution in [1.82, 2.24) is 14.8 Å². The van der Waals surface area contributed by atoms with E-state index < -0.39 is 0 Å². The van der Waals surface area contributed by atoms with E-state index in [4.69, 9.17) is 0 Å². The molecule has 0 amide bonds. The molecule has 0 unspecified atom stereocenters. The maximum Gasteiger partial charge on any atom is 0.227 e. The van der Waals surface area contributed by atoms with Crippen LogP contribution in [0.15, 0.2) is 42.6 Å². The first kappa shape index (κ1) is 21.7. The number of carbonyl (C=O) groups is 1. The van der Waals surface area contributed by atoms with E-state index in [1.54, 1.807) is 11.5 Å². The molecule has 1 aromatic carbocycles. The van der Waals surface area contributed by atoms with Crippen LogP contribution in [0.25, 0.3) is 10.9 Å². The summed E-state index contributed by atoms with van der Waals surface area (Å²) in [6, 6.07) is 8.46. The quantitative estimate of drug-likeness (QED) is 0.808. The van der Waals surface area contributed by atoms with Crippen LogP contribution in [0.5, 0.6) is 0 Å². The largest absolute Gasteiger partial charge is 0.314 e. The van der Waals surface area contributed by atoms with Gasteiger partial charge in [0.05, 0.1) is 5.52 Å². The van der Waals surface area contributed by atoms with Gasteiger partial charge < -0.3 is 5.32 Å². The van der Waals surface area contributed by atoms with Gasteiger partial charge in [0.25, 0.3) is 0 Å². The molecule has 1 N–H and O–H groups in total. The van der Waals surface area contributed by atoms with Crippen LogP contribution in [0.4, 0.5) is 0 Å². The minimum absolute atomic E-state index is 0. The summed E-state index contributed by atoms with van der Waals surface area (Å²) in [5.74, 6) is 0.0573. The molecular weight excluding hydrogens is 357 g/mol. The van der Waals surface area contributed by atoms with Gasteiger partial charge in [0.2, 0.25) is 5.91 Å². The fourth-order valence-corrected chi connectivity index (χ4v) is 3.49.